The van der Waals surface area contributed by atoms with E-state index in [2.05, 4.69) is 21.3 Å². The number of halogens is 1. The Morgan fingerprint density at radius 2 is 1.81 bits per heavy atom. The van der Waals surface area contributed by atoms with Crippen molar-refractivity contribution in [2.75, 3.05) is 25.4 Å². The van der Waals surface area contributed by atoms with Crippen LogP contribution in [0.4, 0.5) is 5.82 Å². The van der Waals surface area contributed by atoms with Gasteiger partial charge in [-0.15, -0.1) is 12.4 Å². The topological polar surface area (TPSA) is 115 Å². The molecule has 2 aromatic carbocycles. The number of amides is 1. The second-order valence-electron chi connectivity index (χ2n) is 8.95. The number of rotatable bonds is 8. The maximum atomic E-state index is 13.0. The van der Waals surface area contributed by atoms with Crippen LogP contribution in [0.15, 0.2) is 60.7 Å². The lowest BCUT2D eigenvalue weighted by Gasteiger charge is -2.27. The highest BCUT2D eigenvalue weighted by Gasteiger charge is 2.23. The van der Waals surface area contributed by atoms with Crippen molar-refractivity contribution in [2.24, 2.45) is 0 Å². The van der Waals surface area contributed by atoms with E-state index in [1.54, 1.807) is 30.3 Å². The summed E-state index contributed by atoms with van der Waals surface area (Å²) in [5, 5.41) is 23.4. The summed E-state index contributed by atoms with van der Waals surface area (Å²) in [5.41, 5.74) is 9.03. The molecule has 4 rings (SSSR count). The first-order valence-electron chi connectivity index (χ1n) is 12.1. The number of nitriles is 1. The van der Waals surface area contributed by atoms with Crippen LogP contribution in [0.1, 0.15) is 48.4 Å². The first-order chi connectivity index (χ1) is 17.0. The highest BCUT2D eigenvalue weighted by Crippen LogP contribution is 2.33. The number of hydrogen-bond acceptors (Lipinski definition) is 6. The summed E-state index contributed by atoms with van der Waals surface area (Å²) >= 11 is 0. The molecular formula is C28H32ClN5O2. The third kappa shape index (κ3) is 6.75. The highest BCUT2D eigenvalue weighted by atomic mass is 35.5. The van der Waals surface area contributed by atoms with E-state index in [1.165, 1.54) is 19.3 Å². The van der Waals surface area contributed by atoms with Crippen LogP contribution < -0.4 is 11.1 Å². The fourth-order valence-corrected chi connectivity index (χ4v) is 4.61. The normalized spacial score (nSPS) is 14.3. The van der Waals surface area contributed by atoms with Crippen molar-refractivity contribution in [2.45, 2.75) is 38.1 Å². The summed E-state index contributed by atoms with van der Waals surface area (Å²) in [6.07, 6.45) is 4.49. The lowest BCUT2D eigenvalue weighted by Crippen LogP contribution is -2.36. The average molecular weight is 506 g/mol. The molecule has 188 valence electrons. The Labute approximate surface area is 218 Å². The van der Waals surface area contributed by atoms with Gasteiger partial charge in [0.25, 0.3) is 0 Å². The quantitative estimate of drug-likeness (QED) is 0.412. The molecule has 1 atom stereocenters. The number of carbonyl (C=O) groups excluding carboxylic acids is 1. The van der Waals surface area contributed by atoms with Gasteiger partial charge in [-0.3, -0.25) is 4.79 Å². The molecule has 1 saturated heterocycles. The van der Waals surface area contributed by atoms with Gasteiger partial charge in [-0.25, -0.2) is 4.98 Å². The molecule has 0 spiro atoms. The molecule has 0 bridgehead atoms. The van der Waals surface area contributed by atoms with E-state index >= 15 is 0 Å². The standard InChI is InChI=1S/C28H31N5O2.ClH/c29-19-23-22(18-25(32-28(23)30)21-11-5-6-12-26(21)34)24(17-20-9-3-1-4-10-20)31-27(35)13-16-33-14-7-2-8-15-33;/h1,3-6,9-12,18,24,34H,2,7-8,13-17H2,(H2,30,32)(H,31,35);1H/t24-;/m0./s1. The van der Waals surface area contributed by atoms with Gasteiger partial charge in [0.1, 0.15) is 17.6 Å². The maximum Gasteiger partial charge on any atom is 0.221 e. The molecule has 2 heterocycles. The molecule has 1 fully saturated rings. The van der Waals surface area contributed by atoms with Gasteiger partial charge >= 0.3 is 0 Å². The van der Waals surface area contributed by atoms with E-state index < -0.39 is 6.04 Å². The molecule has 7 nitrogen and oxygen atoms in total. The number of para-hydroxylation sites is 1. The smallest absolute Gasteiger partial charge is 0.221 e. The molecule has 0 unspecified atom stereocenters. The molecule has 0 aliphatic carbocycles. The van der Waals surface area contributed by atoms with Gasteiger partial charge in [0.05, 0.1) is 17.3 Å². The third-order valence-electron chi connectivity index (χ3n) is 6.47. The van der Waals surface area contributed by atoms with Crippen LogP contribution in [0.3, 0.4) is 0 Å². The van der Waals surface area contributed by atoms with Crippen LogP contribution in [0.5, 0.6) is 5.75 Å². The number of nitrogens with one attached hydrogen (secondary N) is 1. The number of pyridine rings is 1. The van der Waals surface area contributed by atoms with Crippen LogP contribution in [0, 0.1) is 11.3 Å². The van der Waals surface area contributed by atoms with Gasteiger partial charge in [-0.1, -0.05) is 48.9 Å². The highest BCUT2D eigenvalue weighted by molar-refractivity contribution is 5.85. The molecule has 0 radical (unpaired) electrons. The SMILES string of the molecule is Cl.N#Cc1c([C@H](Cc2ccccc2)NC(=O)CCN2CCCCC2)cc(-c2ccccc2O)nc1N. The minimum Gasteiger partial charge on any atom is -0.507 e. The third-order valence-corrected chi connectivity index (χ3v) is 6.47. The number of phenols is 1. The number of aromatic nitrogens is 1. The molecule has 0 saturated carbocycles. The van der Waals surface area contributed by atoms with Crippen molar-refractivity contribution < 1.29 is 9.90 Å². The van der Waals surface area contributed by atoms with E-state index in [4.69, 9.17) is 5.73 Å². The van der Waals surface area contributed by atoms with Crippen molar-refractivity contribution in [1.82, 2.24) is 15.2 Å². The molecule has 1 aliphatic rings. The number of hydrogen-bond donors (Lipinski definition) is 3. The Morgan fingerprint density at radius 3 is 2.50 bits per heavy atom. The lowest BCUT2D eigenvalue weighted by atomic mass is 9.93. The lowest BCUT2D eigenvalue weighted by molar-refractivity contribution is -0.122. The van der Waals surface area contributed by atoms with Gasteiger partial charge in [0.15, 0.2) is 0 Å². The zero-order valence-corrected chi connectivity index (χ0v) is 21.0. The predicted molar refractivity (Wildman–Crippen MR) is 144 cm³/mol. The van der Waals surface area contributed by atoms with Crippen molar-refractivity contribution in [3.8, 4) is 23.1 Å². The molecule has 36 heavy (non-hydrogen) atoms. The van der Waals surface area contributed by atoms with E-state index in [-0.39, 0.29) is 35.4 Å². The number of aromatic hydroxyl groups is 1. The van der Waals surface area contributed by atoms with Crippen LogP contribution >= 0.6 is 12.4 Å². The number of nitrogens with zero attached hydrogens (tertiary/aromatic N) is 3. The fraction of sp³-hybridized carbons (Fsp3) is 0.321. The number of nitrogen functional groups attached to an aromatic ring is 1. The van der Waals surface area contributed by atoms with Crippen LogP contribution in [0.25, 0.3) is 11.3 Å². The maximum absolute atomic E-state index is 13.0. The van der Waals surface area contributed by atoms with Crippen LogP contribution in [-0.2, 0) is 11.2 Å². The first kappa shape index (κ1) is 27.0. The summed E-state index contributed by atoms with van der Waals surface area (Å²) in [4.78, 5) is 19.8. The number of likely N-dealkylation sites (tertiary alicyclic amines) is 1. The first-order valence-corrected chi connectivity index (χ1v) is 12.1. The summed E-state index contributed by atoms with van der Waals surface area (Å²) in [5.74, 6) is 0.0731. The van der Waals surface area contributed by atoms with Gasteiger partial charge < -0.3 is 21.1 Å². The number of benzene rings is 2. The minimum absolute atomic E-state index is 0. The largest absolute Gasteiger partial charge is 0.507 e. The molecule has 8 heteroatoms. The fourth-order valence-electron chi connectivity index (χ4n) is 4.61. The Hall–Kier alpha value is -3.60. The van der Waals surface area contributed by atoms with Gasteiger partial charge in [-0.2, -0.15) is 5.26 Å². The molecule has 1 aliphatic heterocycles. The predicted octanol–water partition coefficient (Wildman–Crippen LogP) is 4.61. The summed E-state index contributed by atoms with van der Waals surface area (Å²) in [6, 6.07) is 20.1. The van der Waals surface area contributed by atoms with Crippen molar-refractivity contribution in [3.05, 3.63) is 77.4 Å². The molecule has 1 amide bonds. The Morgan fingerprint density at radius 1 is 1.11 bits per heavy atom. The van der Waals surface area contributed by atoms with Gasteiger partial charge in [0, 0.05) is 18.5 Å². The molecule has 4 N–H and O–H groups in total. The Bertz CT molecular complexity index is 1210. The number of phenolic OH excluding ortho intramolecular Hbond substituents is 1. The number of anilines is 1. The molecular weight excluding hydrogens is 474 g/mol. The summed E-state index contributed by atoms with van der Waals surface area (Å²) < 4.78 is 0. The van der Waals surface area contributed by atoms with E-state index in [1.807, 2.05) is 30.3 Å². The van der Waals surface area contributed by atoms with Crippen molar-refractivity contribution in [3.63, 3.8) is 0 Å². The minimum atomic E-state index is -0.476. The van der Waals surface area contributed by atoms with E-state index in [0.717, 1.165) is 25.2 Å². The van der Waals surface area contributed by atoms with Crippen LogP contribution in [0.2, 0.25) is 0 Å². The zero-order chi connectivity index (χ0) is 24.6. The number of carbonyl (C=O) groups is 1. The van der Waals surface area contributed by atoms with E-state index in [9.17, 15) is 15.2 Å². The van der Waals surface area contributed by atoms with Gasteiger partial charge in [-0.05, 0) is 61.7 Å². The van der Waals surface area contributed by atoms with Crippen molar-refractivity contribution in [1.29, 1.82) is 5.26 Å². The van der Waals surface area contributed by atoms with Crippen molar-refractivity contribution >= 4 is 24.1 Å². The van der Waals surface area contributed by atoms with E-state index in [0.29, 0.717) is 29.7 Å². The monoisotopic (exact) mass is 505 g/mol. The Balaban J connectivity index is 0.00000361. The molecule has 3 aromatic rings. The number of nitrogens with two attached hydrogens (primary N) is 1. The van der Waals surface area contributed by atoms with Crippen LogP contribution in [-0.4, -0.2) is 40.5 Å². The average Bonchev–Trinajstić information content (AvgIpc) is 2.88. The second kappa shape index (κ2) is 12.9. The summed E-state index contributed by atoms with van der Waals surface area (Å²) in [6.45, 7) is 2.78. The second-order valence-corrected chi connectivity index (χ2v) is 8.95. The molecule has 1 aromatic heterocycles. The number of piperidine rings is 1. The Kier molecular flexibility index (Phi) is 9.69. The zero-order valence-electron chi connectivity index (χ0n) is 20.2. The summed E-state index contributed by atoms with van der Waals surface area (Å²) in [7, 11) is 0. The van der Waals surface area contributed by atoms with Gasteiger partial charge in [0.2, 0.25) is 5.91 Å².